The van der Waals surface area contributed by atoms with Crippen LogP contribution in [0.3, 0.4) is 0 Å². The Morgan fingerprint density at radius 1 is 1.04 bits per heavy atom. The van der Waals surface area contributed by atoms with Crippen molar-refractivity contribution < 1.29 is 14.0 Å². The molecule has 1 aromatic carbocycles. The molecule has 0 saturated carbocycles. The van der Waals surface area contributed by atoms with Gasteiger partial charge in [0.15, 0.2) is 0 Å². The van der Waals surface area contributed by atoms with Crippen molar-refractivity contribution in [2.24, 2.45) is 5.92 Å². The number of hydrogen-bond donors (Lipinski definition) is 0. The third-order valence-corrected chi connectivity index (χ3v) is 4.25. The largest absolute Gasteiger partial charge is 0.366 e. The summed E-state index contributed by atoms with van der Waals surface area (Å²) in [5, 5.41) is 0. The molecule has 0 atom stereocenters. The fourth-order valence-corrected chi connectivity index (χ4v) is 3.21. The molecule has 0 aliphatic carbocycles. The lowest BCUT2D eigenvalue weighted by molar-refractivity contribution is -0.138. The van der Waals surface area contributed by atoms with Gasteiger partial charge in [0.05, 0.1) is 5.57 Å². The first kappa shape index (κ1) is 15.7. The van der Waals surface area contributed by atoms with Gasteiger partial charge in [-0.2, -0.15) is 0 Å². The molecule has 0 aromatic heterocycles. The van der Waals surface area contributed by atoms with Crippen LogP contribution in [0.15, 0.2) is 30.0 Å². The lowest BCUT2D eigenvalue weighted by atomic mass is 10.0. The van der Waals surface area contributed by atoms with E-state index >= 15 is 0 Å². The molecule has 0 spiro atoms. The fraction of sp³-hybridized carbons (Fsp3) is 0.444. The van der Waals surface area contributed by atoms with Crippen LogP contribution in [-0.2, 0) is 9.59 Å². The summed E-state index contributed by atoms with van der Waals surface area (Å²) in [7, 11) is 0. The molecule has 0 bridgehead atoms. The number of imide groups is 1. The van der Waals surface area contributed by atoms with Crippen molar-refractivity contribution in [3.8, 4) is 0 Å². The minimum Gasteiger partial charge on any atom is -0.366 e. The number of hydrogen-bond acceptors (Lipinski definition) is 3. The minimum atomic E-state index is -0.354. The van der Waals surface area contributed by atoms with Crippen LogP contribution in [-0.4, -0.2) is 41.2 Å². The van der Waals surface area contributed by atoms with E-state index in [-0.39, 0.29) is 23.5 Å². The van der Waals surface area contributed by atoms with Crippen molar-refractivity contribution in [2.45, 2.75) is 26.7 Å². The van der Waals surface area contributed by atoms with Crippen molar-refractivity contribution >= 4 is 17.4 Å². The Morgan fingerprint density at radius 3 is 2.22 bits per heavy atom. The zero-order valence-corrected chi connectivity index (χ0v) is 13.5. The first-order valence-corrected chi connectivity index (χ1v) is 8.10. The maximum atomic E-state index is 13.2. The smallest absolute Gasteiger partial charge is 0.277 e. The monoisotopic (exact) mass is 316 g/mol. The molecule has 1 saturated heterocycles. The minimum absolute atomic E-state index is 0.204. The topological polar surface area (TPSA) is 40.6 Å². The van der Waals surface area contributed by atoms with Crippen LogP contribution in [0.2, 0.25) is 0 Å². The molecule has 2 aliphatic rings. The van der Waals surface area contributed by atoms with Crippen LogP contribution in [0.1, 0.15) is 32.3 Å². The lowest BCUT2D eigenvalue weighted by Crippen LogP contribution is -2.37. The van der Waals surface area contributed by atoms with E-state index in [2.05, 4.69) is 0 Å². The van der Waals surface area contributed by atoms with E-state index in [9.17, 15) is 14.0 Å². The van der Waals surface area contributed by atoms with Gasteiger partial charge in [-0.15, -0.1) is 0 Å². The number of halogens is 1. The van der Waals surface area contributed by atoms with Crippen molar-refractivity contribution in [3.05, 3.63) is 41.3 Å². The molecule has 2 aliphatic heterocycles. The summed E-state index contributed by atoms with van der Waals surface area (Å²) in [6, 6.07) is 5.80. The second-order valence-corrected chi connectivity index (χ2v) is 6.54. The zero-order valence-electron chi connectivity index (χ0n) is 13.5. The lowest BCUT2D eigenvalue weighted by Gasteiger charge is -2.21. The van der Waals surface area contributed by atoms with Crippen LogP contribution in [0.25, 0.3) is 5.57 Å². The number of amides is 2. The number of benzene rings is 1. The van der Waals surface area contributed by atoms with Gasteiger partial charge in [-0.3, -0.25) is 14.5 Å². The molecule has 3 rings (SSSR count). The fourth-order valence-electron chi connectivity index (χ4n) is 3.21. The normalized spacial score (nSPS) is 18.8. The molecule has 0 radical (unpaired) electrons. The Kier molecular flexibility index (Phi) is 4.20. The van der Waals surface area contributed by atoms with E-state index < -0.39 is 0 Å². The Balaban J connectivity index is 2.06. The molecule has 122 valence electrons. The van der Waals surface area contributed by atoms with Crippen LogP contribution >= 0.6 is 0 Å². The average molecular weight is 316 g/mol. The van der Waals surface area contributed by atoms with Crippen LogP contribution in [0.5, 0.6) is 0 Å². The van der Waals surface area contributed by atoms with E-state index in [4.69, 9.17) is 0 Å². The van der Waals surface area contributed by atoms with Gasteiger partial charge in [0.1, 0.15) is 11.5 Å². The SMILES string of the molecule is CC(C)CN1C(=O)C(c2ccc(F)cc2)=C(N2CCCC2)C1=O. The molecule has 0 unspecified atom stereocenters. The maximum Gasteiger partial charge on any atom is 0.277 e. The van der Waals surface area contributed by atoms with E-state index in [1.54, 1.807) is 12.1 Å². The number of carbonyl (C=O) groups is 2. The van der Waals surface area contributed by atoms with E-state index in [1.165, 1.54) is 17.0 Å². The van der Waals surface area contributed by atoms with Gasteiger partial charge in [0.2, 0.25) is 0 Å². The highest BCUT2D eigenvalue weighted by Gasteiger charge is 2.42. The van der Waals surface area contributed by atoms with E-state index in [1.807, 2.05) is 18.7 Å². The summed E-state index contributed by atoms with van der Waals surface area (Å²) < 4.78 is 13.2. The van der Waals surface area contributed by atoms with E-state index in [0.29, 0.717) is 23.4 Å². The first-order valence-electron chi connectivity index (χ1n) is 8.10. The van der Waals surface area contributed by atoms with Crippen molar-refractivity contribution in [1.29, 1.82) is 0 Å². The Hall–Kier alpha value is -2.17. The van der Waals surface area contributed by atoms with Crippen LogP contribution < -0.4 is 0 Å². The average Bonchev–Trinajstić information content (AvgIpc) is 3.10. The second kappa shape index (κ2) is 6.14. The van der Waals surface area contributed by atoms with Gasteiger partial charge in [-0.1, -0.05) is 26.0 Å². The summed E-state index contributed by atoms with van der Waals surface area (Å²) in [5.74, 6) is -0.634. The molecule has 1 fully saturated rings. The molecule has 4 nitrogen and oxygen atoms in total. The molecular formula is C18H21FN2O2. The molecule has 0 N–H and O–H groups in total. The highest BCUT2D eigenvalue weighted by atomic mass is 19.1. The van der Waals surface area contributed by atoms with Gasteiger partial charge < -0.3 is 4.90 Å². The highest BCUT2D eigenvalue weighted by molar-refractivity contribution is 6.35. The van der Waals surface area contributed by atoms with Crippen molar-refractivity contribution in [1.82, 2.24) is 9.80 Å². The molecule has 2 amide bonds. The highest BCUT2D eigenvalue weighted by Crippen LogP contribution is 2.33. The predicted molar refractivity (Wildman–Crippen MR) is 85.7 cm³/mol. The van der Waals surface area contributed by atoms with Gasteiger partial charge >= 0.3 is 0 Å². The standard InChI is InChI=1S/C18H21FN2O2/c1-12(2)11-21-17(22)15(13-5-7-14(19)8-6-13)16(18(21)23)20-9-3-4-10-20/h5-8,12H,3-4,9-11H2,1-2H3. The third-order valence-electron chi connectivity index (χ3n) is 4.25. The number of rotatable bonds is 4. The zero-order chi connectivity index (χ0) is 16.6. The summed E-state index contributed by atoms with van der Waals surface area (Å²) in [5.41, 5.74) is 1.51. The Labute approximate surface area is 135 Å². The number of carbonyl (C=O) groups excluding carboxylic acids is 2. The molecular weight excluding hydrogens is 295 g/mol. The molecule has 2 heterocycles. The van der Waals surface area contributed by atoms with Gasteiger partial charge in [0.25, 0.3) is 11.8 Å². The van der Waals surface area contributed by atoms with Crippen LogP contribution in [0.4, 0.5) is 4.39 Å². The van der Waals surface area contributed by atoms with Gasteiger partial charge in [0, 0.05) is 19.6 Å². The summed E-state index contributed by atoms with van der Waals surface area (Å²) in [6.45, 7) is 5.93. The van der Waals surface area contributed by atoms with Gasteiger partial charge in [-0.05, 0) is 36.5 Å². The quantitative estimate of drug-likeness (QED) is 0.802. The summed E-state index contributed by atoms with van der Waals surface area (Å²) >= 11 is 0. The maximum absolute atomic E-state index is 13.2. The number of nitrogens with zero attached hydrogens (tertiary/aromatic N) is 2. The first-order chi connectivity index (χ1) is 11.0. The second-order valence-electron chi connectivity index (χ2n) is 6.54. The predicted octanol–water partition coefficient (Wildman–Crippen LogP) is 2.66. The third kappa shape index (κ3) is 2.87. The summed E-state index contributed by atoms with van der Waals surface area (Å²) in [4.78, 5) is 29.0. The Bertz CT molecular complexity index is 658. The van der Waals surface area contributed by atoms with E-state index in [0.717, 1.165) is 25.9 Å². The molecule has 1 aromatic rings. The van der Waals surface area contributed by atoms with Gasteiger partial charge in [-0.25, -0.2) is 4.39 Å². The molecule has 23 heavy (non-hydrogen) atoms. The van der Waals surface area contributed by atoms with Crippen LogP contribution in [0, 0.1) is 11.7 Å². The summed E-state index contributed by atoms with van der Waals surface area (Å²) in [6.07, 6.45) is 2.04. The van der Waals surface area contributed by atoms with Crippen molar-refractivity contribution in [3.63, 3.8) is 0 Å². The Morgan fingerprint density at radius 2 is 1.65 bits per heavy atom. The van der Waals surface area contributed by atoms with Crippen molar-refractivity contribution in [2.75, 3.05) is 19.6 Å². The number of likely N-dealkylation sites (tertiary alicyclic amines) is 1. The molecule has 5 heteroatoms.